The number of ether oxygens (including phenoxy) is 1. The molecule has 170 valence electrons. The lowest BCUT2D eigenvalue weighted by molar-refractivity contribution is -0.137. The third kappa shape index (κ3) is 8.46. The zero-order valence-corrected chi connectivity index (χ0v) is 18.2. The molecule has 0 aliphatic carbocycles. The molecule has 2 rings (SSSR count). The van der Waals surface area contributed by atoms with Gasteiger partial charge in [-0.2, -0.15) is 0 Å². The van der Waals surface area contributed by atoms with E-state index in [1.807, 2.05) is 0 Å². The summed E-state index contributed by atoms with van der Waals surface area (Å²) in [5.41, 5.74) is 0. The van der Waals surface area contributed by atoms with Gasteiger partial charge in [0.15, 0.2) is 0 Å². The summed E-state index contributed by atoms with van der Waals surface area (Å²) >= 11 is 0. The summed E-state index contributed by atoms with van der Waals surface area (Å²) in [5, 5.41) is 14.4. The molecule has 7 nitrogen and oxygen atoms in total. The first-order valence-electron chi connectivity index (χ1n) is 11.6. The topological polar surface area (TPSA) is 105 Å². The molecule has 2 heterocycles. The monoisotopic (exact) mass is 422 g/mol. The van der Waals surface area contributed by atoms with Crippen LogP contribution in [0.25, 0.3) is 0 Å². The number of carbonyl (C=O) groups is 3. The molecular formula is C23H38N2O5. The first-order chi connectivity index (χ1) is 14.5. The smallest absolute Gasteiger partial charge is 0.303 e. The third-order valence-electron chi connectivity index (χ3n) is 6.14. The van der Waals surface area contributed by atoms with Gasteiger partial charge in [0.25, 0.3) is 0 Å². The van der Waals surface area contributed by atoms with Gasteiger partial charge in [-0.1, -0.05) is 38.3 Å². The van der Waals surface area contributed by atoms with Crippen LogP contribution >= 0.6 is 0 Å². The van der Waals surface area contributed by atoms with Crippen molar-refractivity contribution in [1.29, 1.82) is 0 Å². The highest BCUT2D eigenvalue weighted by Gasteiger charge is 2.47. The van der Waals surface area contributed by atoms with E-state index in [1.165, 1.54) is 6.42 Å². The van der Waals surface area contributed by atoms with Crippen molar-refractivity contribution < 1.29 is 24.2 Å². The lowest BCUT2D eigenvalue weighted by Gasteiger charge is -2.27. The first-order valence-corrected chi connectivity index (χ1v) is 11.6. The van der Waals surface area contributed by atoms with Crippen LogP contribution in [0.5, 0.6) is 0 Å². The SMILES string of the molecule is CCCCCCNC(=O)CC(=O)NC[C@H]1[C@@H](CC=CCCCC(=O)O)[C@H]2CC[C@@H]1O2. The number of carboxylic acids is 1. The van der Waals surface area contributed by atoms with Gasteiger partial charge >= 0.3 is 5.97 Å². The normalized spacial score (nSPS) is 25.0. The lowest BCUT2D eigenvalue weighted by Crippen LogP contribution is -2.39. The zero-order valence-electron chi connectivity index (χ0n) is 18.2. The Morgan fingerprint density at radius 1 is 0.967 bits per heavy atom. The van der Waals surface area contributed by atoms with E-state index >= 15 is 0 Å². The molecule has 0 aromatic heterocycles. The number of hydrogen-bond donors (Lipinski definition) is 3. The van der Waals surface area contributed by atoms with E-state index < -0.39 is 5.97 Å². The van der Waals surface area contributed by atoms with Gasteiger partial charge < -0.3 is 20.5 Å². The fraction of sp³-hybridized carbons (Fsp3) is 0.783. The largest absolute Gasteiger partial charge is 0.481 e. The van der Waals surface area contributed by atoms with E-state index in [9.17, 15) is 14.4 Å². The number of hydrogen-bond acceptors (Lipinski definition) is 4. The molecule has 2 aliphatic heterocycles. The Balaban J connectivity index is 1.67. The number of aliphatic carboxylic acids is 1. The van der Waals surface area contributed by atoms with E-state index in [1.54, 1.807) is 0 Å². The first kappa shape index (κ1) is 24.4. The molecule has 2 aliphatic rings. The molecule has 3 N–H and O–H groups in total. The summed E-state index contributed by atoms with van der Waals surface area (Å²) in [6.07, 6.45) is 13.5. The van der Waals surface area contributed by atoms with Crippen LogP contribution in [0.1, 0.15) is 77.6 Å². The summed E-state index contributed by atoms with van der Waals surface area (Å²) in [5.74, 6) is -0.563. The van der Waals surface area contributed by atoms with Crippen LogP contribution in [0.3, 0.4) is 0 Å². The summed E-state index contributed by atoms with van der Waals surface area (Å²) in [4.78, 5) is 34.6. The minimum Gasteiger partial charge on any atom is -0.481 e. The highest BCUT2D eigenvalue weighted by Crippen LogP contribution is 2.44. The van der Waals surface area contributed by atoms with Gasteiger partial charge in [0, 0.05) is 25.4 Å². The quantitative estimate of drug-likeness (QED) is 0.214. The van der Waals surface area contributed by atoms with Crippen molar-refractivity contribution in [1.82, 2.24) is 10.6 Å². The maximum atomic E-state index is 12.2. The molecule has 0 saturated carbocycles. The Hall–Kier alpha value is -1.89. The average molecular weight is 423 g/mol. The van der Waals surface area contributed by atoms with Crippen LogP contribution in [0.4, 0.5) is 0 Å². The molecule has 2 bridgehead atoms. The van der Waals surface area contributed by atoms with Crippen molar-refractivity contribution in [2.45, 2.75) is 89.8 Å². The molecular weight excluding hydrogens is 384 g/mol. The van der Waals surface area contributed by atoms with Gasteiger partial charge in [-0.05, 0) is 44.4 Å². The van der Waals surface area contributed by atoms with Gasteiger partial charge in [0.05, 0.1) is 12.2 Å². The van der Waals surface area contributed by atoms with Crippen molar-refractivity contribution in [3.05, 3.63) is 12.2 Å². The molecule has 2 fully saturated rings. The maximum Gasteiger partial charge on any atom is 0.303 e. The average Bonchev–Trinajstić information content (AvgIpc) is 3.30. The molecule has 2 amide bonds. The molecule has 0 spiro atoms. The number of fused-ring (bicyclic) bond motifs is 2. The standard InChI is InChI=1S/C23H38N2O5/c1-2-3-4-9-14-24-21(26)15-22(27)25-16-18-17(19-12-13-20(18)30-19)10-7-5-6-8-11-23(28)29/h5,7,17-20H,2-4,6,8-16H2,1H3,(H,24,26)(H,25,27)(H,28,29)/t17-,18+,19-,20+/m1/s1. The molecule has 0 unspecified atom stereocenters. The number of carbonyl (C=O) groups excluding carboxylic acids is 2. The summed E-state index contributed by atoms with van der Waals surface area (Å²) in [6, 6.07) is 0. The minimum absolute atomic E-state index is 0.121. The van der Waals surface area contributed by atoms with Crippen LogP contribution < -0.4 is 10.6 Å². The Bertz CT molecular complexity index is 592. The molecule has 7 heteroatoms. The Morgan fingerprint density at radius 3 is 2.43 bits per heavy atom. The van der Waals surface area contributed by atoms with Gasteiger partial charge in [0.1, 0.15) is 6.42 Å². The Kier molecular flexibility index (Phi) is 10.9. The highest BCUT2D eigenvalue weighted by atomic mass is 16.5. The predicted octanol–water partition coefficient (Wildman–Crippen LogP) is 3.18. The Morgan fingerprint density at radius 2 is 1.70 bits per heavy atom. The zero-order chi connectivity index (χ0) is 21.8. The Labute approximate surface area is 180 Å². The van der Waals surface area contributed by atoms with E-state index in [0.29, 0.717) is 25.4 Å². The number of nitrogens with one attached hydrogen (secondary N) is 2. The van der Waals surface area contributed by atoms with Crippen molar-refractivity contribution in [3.8, 4) is 0 Å². The molecule has 0 radical (unpaired) electrons. The van der Waals surface area contributed by atoms with Crippen molar-refractivity contribution >= 4 is 17.8 Å². The van der Waals surface area contributed by atoms with E-state index in [4.69, 9.17) is 9.84 Å². The molecule has 0 aromatic carbocycles. The van der Waals surface area contributed by atoms with Gasteiger partial charge in [-0.3, -0.25) is 14.4 Å². The second-order valence-corrected chi connectivity index (χ2v) is 8.50. The second-order valence-electron chi connectivity index (χ2n) is 8.50. The second kappa shape index (κ2) is 13.4. The number of amides is 2. The predicted molar refractivity (Wildman–Crippen MR) is 115 cm³/mol. The minimum atomic E-state index is -0.758. The van der Waals surface area contributed by atoms with Gasteiger partial charge in [0.2, 0.25) is 11.8 Å². The van der Waals surface area contributed by atoms with Crippen LogP contribution in [-0.2, 0) is 19.1 Å². The lowest BCUT2D eigenvalue weighted by atomic mass is 9.77. The van der Waals surface area contributed by atoms with Gasteiger partial charge in [-0.15, -0.1) is 0 Å². The number of rotatable bonds is 15. The van der Waals surface area contributed by atoms with Crippen molar-refractivity contribution in [2.75, 3.05) is 13.1 Å². The van der Waals surface area contributed by atoms with E-state index in [0.717, 1.165) is 44.9 Å². The summed E-state index contributed by atoms with van der Waals surface area (Å²) < 4.78 is 6.06. The fourth-order valence-corrected chi connectivity index (χ4v) is 4.50. The molecule has 4 atom stereocenters. The van der Waals surface area contributed by atoms with Gasteiger partial charge in [-0.25, -0.2) is 0 Å². The van der Waals surface area contributed by atoms with E-state index in [-0.39, 0.29) is 42.8 Å². The van der Waals surface area contributed by atoms with Crippen LogP contribution in [-0.4, -0.2) is 48.2 Å². The third-order valence-corrected chi connectivity index (χ3v) is 6.14. The number of carboxylic acid groups (broad SMARTS) is 1. The van der Waals surface area contributed by atoms with Crippen molar-refractivity contribution in [2.24, 2.45) is 11.8 Å². The summed E-state index contributed by atoms with van der Waals surface area (Å²) in [7, 11) is 0. The molecule has 0 aromatic rings. The van der Waals surface area contributed by atoms with E-state index in [2.05, 4.69) is 29.7 Å². The van der Waals surface area contributed by atoms with Crippen LogP contribution in [0, 0.1) is 11.8 Å². The van der Waals surface area contributed by atoms with Crippen LogP contribution in [0.15, 0.2) is 12.2 Å². The maximum absolute atomic E-state index is 12.2. The molecule has 30 heavy (non-hydrogen) atoms. The van der Waals surface area contributed by atoms with Crippen molar-refractivity contribution in [3.63, 3.8) is 0 Å². The molecule has 2 saturated heterocycles. The number of unbranched alkanes of at least 4 members (excludes halogenated alkanes) is 4. The fourth-order valence-electron chi connectivity index (χ4n) is 4.50. The summed E-state index contributed by atoms with van der Waals surface area (Å²) in [6.45, 7) is 3.32. The van der Waals surface area contributed by atoms with Crippen LogP contribution in [0.2, 0.25) is 0 Å². The highest BCUT2D eigenvalue weighted by molar-refractivity contribution is 5.96. The number of allylic oxidation sites excluding steroid dienone is 2.